The van der Waals surface area contributed by atoms with E-state index in [0.717, 1.165) is 19.3 Å². The van der Waals surface area contributed by atoms with Gasteiger partial charge in [0.15, 0.2) is 11.6 Å². The molecule has 1 aromatic rings. The number of carbonyl (C=O) groups excluding carboxylic acids is 3. The van der Waals surface area contributed by atoms with Crippen LogP contribution >= 0.6 is 0 Å². The lowest BCUT2D eigenvalue weighted by Crippen LogP contribution is -2.47. The Morgan fingerprint density at radius 2 is 1.79 bits per heavy atom. The molecule has 0 bridgehead atoms. The summed E-state index contributed by atoms with van der Waals surface area (Å²) in [6, 6.07) is 5.72. The zero-order valence-electron chi connectivity index (χ0n) is 17.2. The van der Waals surface area contributed by atoms with Crippen molar-refractivity contribution in [1.82, 2.24) is 0 Å². The standard InChI is InChI=1S/C23H31NO4/c1-5-6-7-8-9-14-28-22(27)17-10-12-18(13-11-17)24-20-19(25)15-23(3,4)16(2)21(20)26/h10-13,20,24H,2,5-9,14-15H2,1,3-4H3. The van der Waals surface area contributed by atoms with E-state index in [-0.39, 0.29) is 24.0 Å². The Labute approximate surface area is 167 Å². The van der Waals surface area contributed by atoms with Crippen LogP contribution in [0, 0.1) is 5.41 Å². The van der Waals surface area contributed by atoms with Crippen molar-refractivity contribution in [1.29, 1.82) is 0 Å². The van der Waals surface area contributed by atoms with Crippen molar-refractivity contribution in [3.05, 3.63) is 42.0 Å². The average molecular weight is 386 g/mol. The predicted octanol–water partition coefficient (Wildman–Crippen LogP) is 4.72. The second kappa shape index (κ2) is 9.67. The van der Waals surface area contributed by atoms with Gasteiger partial charge in [-0.15, -0.1) is 0 Å². The third kappa shape index (κ3) is 5.54. The topological polar surface area (TPSA) is 72.5 Å². The maximum Gasteiger partial charge on any atom is 0.338 e. The van der Waals surface area contributed by atoms with Crippen LogP contribution in [0.3, 0.4) is 0 Å². The highest BCUT2D eigenvalue weighted by atomic mass is 16.5. The minimum Gasteiger partial charge on any atom is -0.462 e. The fraction of sp³-hybridized carbons (Fsp3) is 0.522. The molecular weight excluding hydrogens is 354 g/mol. The number of hydrogen-bond donors (Lipinski definition) is 1. The first-order valence-electron chi connectivity index (χ1n) is 10.1. The number of unbranched alkanes of at least 4 members (excludes halogenated alkanes) is 4. The number of ketones is 2. The van der Waals surface area contributed by atoms with Gasteiger partial charge < -0.3 is 10.1 Å². The lowest BCUT2D eigenvalue weighted by atomic mass is 9.71. The van der Waals surface area contributed by atoms with E-state index in [2.05, 4.69) is 18.8 Å². The highest BCUT2D eigenvalue weighted by molar-refractivity contribution is 6.18. The molecule has 1 saturated carbocycles. The van der Waals surface area contributed by atoms with E-state index < -0.39 is 11.5 Å². The zero-order valence-corrected chi connectivity index (χ0v) is 17.2. The van der Waals surface area contributed by atoms with E-state index in [0.29, 0.717) is 23.4 Å². The molecule has 1 N–H and O–H groups in total. The molecule has 1 aliphatic carbocycles. The van der Waals surface area contributed by atoms with Crippen LogP contribution in [0.25, 0.3) is 0 Å². The quantitative estimate of drug-likeness (QED) is 0.288. The number of Topliss-reactive ketones (excluding diaryl/α,β-unsaturated/α-hetero) is 2. The van der Waals surface area contributed by atoms with E-state index in [1.54, 1.807) is 24.3 Å². The minimum atomic E-state index is -0.915. The molecule has 2 rings (SSSR count). The third-order valence-electron chi connectivity index (χ3n) is 5.23. The number of rotatable bonds is 9. The van der Waals surface area contributed by atoms with E-state index in [1.165, 1.54) is 12.8 Å². The first kappa shape index (κ1) is 21.9. The Hall–Kier alpha value is -2.43. The number of hydrogen-bond acceptors (Lipinski definition) is 5. The van der Waals surface area contributed by atoms with Gasteiger partial charge in [-0.1, -0.05) is 53.0 Å². The normalized spacial score (nSPS) is 18.8. The monoisotopic (exact) mass is 385 g/mol. The molecule has 0 spiro atoms. The van der Waals surface area contributed by atoms with Crippen molar-refractivity contribution < 1.29 is 19.1 Å². The Morgan fingerprint density at radius 1 is 1.14 bits per heavy atom. The fourth-order valence-corrected chi connectivity index (χ4v) is 3.27. The Kier molecular flexibility index (Phi) is 7.55. The van der Waals surface area contributed by atoms with E-state index in [4.69, 9.17) is 4.74 Å². The van der Waals surface area contributed by atoms with Gasteiger partial charge in [0.25, 0.3) is 0 Å². The number of carbonyl (C=O) groups is 3. The van der Waals surface area contributed by atoms with Gasteiger partial charge in [-0.2, -0.15) is 0 Å². The van der Waals surface area contributed by atoms with Crippen molar-refractivity contribution in [3.63, 3.8) is 0 Å². The molecule has 1 fully saturated rings. The lowest BCUT2D eigenvalue weighted by molar-refractivity contribution is -0.130. The third-order valence-corrected chi connectivity index (χ3v) is 5.23. The summed E-state index contributed by atoms with van der Waals surface area (Å²) in [4.78, 5) is 36.9. The summed E-state index contributed by atoms with van der Waals surface area (Å²) in [6.45, 7) is 10.2. The first-order chi connectivity index (χ1) is 13.3. The molecule has 0 amide bonds. The second-order valence-corrected chi connectivity index (χ2v) is 8.07. The summed E-state index contributed by atoms with van der Waals surface area (Å²) in [5.74, 6) is -0.774. The van der Waals surface area contributed by atoms with Gasteiger partial charge in [0, 0.05) is 12.1 Å². The summed E-state index contributed by atoms with van der Waals surface area (Å²) in [6.07, 6.45) is 5.77. The SMILES string of the molecule is C=C1C(=O)C(Nc2ccc(C(=O)OCCCCCCC)cc2)C(=O)CC1(C)C. The van der Waals surface area contributed by atoms with Crippen LogP contribution in [0.4, 0.5) is 5.69 Å². The molecule has 1 aromatic carbocycles. The van der Waals surface area contributed by atoms with Crippen molar-refractivity contribution in [2.24, 2.45) is 5.41 Å². The summed E-state index contributed by atoms with van der Waals surface area (Å²) < 4.78 is 5.29. The van der Waals surface area contributed by atoms with Gasteiger partial charge in [-0.3, -0.25) is 9.59 Å². The maximum atomic E-state index is 12.5. The van der Waals surface area contributed by atoms with Crippen LogP contribution in [-0.4, -0.2) is 30.2 Å². The van der Waals surface area contributed by atoms with Gasteiger partial charge in [-0.25, -0.2) is 4.79 Å². The van der Waals surface area contributed by atoms with Crippen LogP contribution in [-0.2, 0) is 14.3 Å². The molecule has 1 atom stereocenters. The van der Waals surface area contributed by atoms with Crippen molar-refractivity contribution in [2.45, 2.75) is 65.3 Å². The van der Waals surface area contributed by atoms with E-state index in [9.17, 15) is 14.4 Å². The first-order valence-corrected chi connectivity index (χ1v) is 10.1. The van der Waals surface area contributed by atoms with Gasteiger partial charge in [0.2, 0.25) is 0 Å². The number of benzene rings is 1. The van der Waals surface area contributed by atoms with Crippen LogP contribution in [0.2, 0.25) is 0 Å². The molecular formula is C23H31NO4. The molecule has 0 aliphatic heterocycles. The van der Waals surface area contributed by atoms with Crippen molar-refractivity contribution in [2.75, 3.05) is 11.9 Å². The average Bonchev–Trinajstić information content (AvgIpc) is 2.66. The summed E-state index contributed by atoms with van der Waals surface area (Å²) in [5.41, 5.74) is 1.02. The van der Waals surface area contributed by atoms with Crippen LogP contribution in [0.15, 0.2) is 36.4 Å². The van der Waals surface area contributed by atoms with E-state index in [1.807, 2.05) is 13.8 Å². The van der Waals surface area contributed by atoms with Crippen LogP contribution in [0.1, 0.15) is 69.7 Å². The molecule has 152 valence electrons. The molecule has 0 saturated heterocycles. The molecule has 28 heavy (non-hydrogen) atoms. The Balaban J connectivity index is 1.88. The highest BCUT2D eigenvalue weighted by Crippen LogP contribution is 2.36. The van der Waals surface area contributed by atoms with Gasteiger partial charge in [-0.05, 0) is 41.7 Å². The number of anilines is 1. The van der Waals surface area contributed by atoms with E-state index >= 15 is 0 Å². The minimum absolute atomic E-state index is 0.144. The molecule has 1 unspecified atom stereocenters. The lowest BCUT2D eigenvalue weighted by Gasteiger charge is -2.34. The molecule has 1 aliphatic rings. The summed E-state index contributed by atoms with van der Waals surface area (Å²) in [7, 11) is 0. The Bertz CT molecular complexity index is 733. The second-order valence-electron chi connectivity index (χ2n) is 8.07. The molecule has 5 heteroatoms. The highest BCUT2D eigenvalue weighted by Gasteiger charge is 2.42. The number of ether oxygens (including phenoxy) is 1. The van der Waals surface area contributed by atoms with Gasteiger partial charge in [0.05, 0.1) is 12.2 Å². The van der Waals surface area contributed by atoms with Gasteiger partial charge in [0.1, 0.15) is 6.04 Å². The number of nitrogens with one attached hydrogen (secondary N) is 1. The fourth-order valence-electron chi connectivity index (χ4n) is 3.27. The summed E-state index contributed by atoms with van der Waals surface area (Å²) >= 11 is 0. The zero-order chi connectivity index (χ0) is 20.7. The largest absolute Gasteiger partial charge is 0.462 e. The molecule has 0 radical (unpaired) electrons. The molecule has 0 aromatic heterocycles. The Morgan fingerprint density at radius 3 is 2.43 bits per heavy atom. The number of esters is 1. The predicted molar refractivity (Wildman–Crippen MR) is 110 cm³/mol. The maximum absolute atomic E-state index is 12.5. The van der Waals surface area contributed by atoms with Crippen molar-refractivity contribution >= 4 is 23.2 Å². The van der Waals surface area contributed by atoms with Crippen LogP contribution in [0.5, 0.6) is 0 Å². The summed E-state index contributed by atoms with van der Waals surface area (Å²) in [5, 5.41) is 2.97. The molecule has 5 nitrogen and oxygen atoms in total. The van der Waals surface area contributed by atoms with Gasteiger partial charge >= 0.3 is 5.97 Å². The van der Waals surface area contributed by atoms with Crippen LogP contribution < -0.4 is 5.32 Å². The van der Waals surface area contributed by atoms with Crippen molar-refractivity contribution in [3.8, 4) is 0 Å². The smallest absolute Gasteiger partial charge is 0.338 e. The molecule has 0 heterocycles.